The summed E-state index contributed by atoms with van der Waals surface area (Å²) in [5.41, 5.74) is 0. The molecule has 0 aromatic heterocycles. The Morgan fingerprint density at radius 2 is 1.67 bits per heavy atom. The number of carbonyl (C=O) groups excluding carboxylic acids is 2. The van der Waals surface area contributed by atoms with Crippen LogP contribution in [0.5, 0.6) is 5.75 Å². The van der Waals surface area contributed by atoms with Crippen molar-refractivity contribution in [3.8, 4) is 5.75 Å². The maximum absolute atomic E-state index is 11.5. The minimum absolute atomic E-state index is 0.00309. The number of nitrogens with one attached hydrogen (secondary N) is 2. The van der Waals surface area contributed by atoms with Crippen molar-refractivity contribution in [1.82, 2.24) is 10.6 Å². The standard InChI is InChI=1S/C15H21ClN2O3/c1-11(2)9-14(19)17-7-8-18-15(20)10-21-13-5-3-12(16)4-6-13/h3-6,11H,7-10H2,1-2H3,(H,17,19)(H,18,20). The van der Waals surface area contributed by atoms with E-state index in [0.29, 0.717) is 36.2 Å². The summed E-state index contributed by atoms with van der Waals surface area (Å²) in [5.74, 6) is 0.673. The number of ether oxygens (including phenoxy) is 1. The molecule has 0 saturated heterocycles. The number of halogens is 1. The summed E-state index contributed by atoms with van der Waals surface area (Å²) in [5, 5.41) is 6.02. The summed E-state index contributed by atoms with van der Waals surface area (Å²) in [6, 6.07) is 6.78. The average molecular weight is 313 g/mol. The van der Waals surface area contributed by atoms with Crippen LogP contribution in [-0.2, 0) is 9.59 Å². The zero-order valence-corrected chi connectivity index (χ0v) is 13.1. The molecule has 0 aliphatic heterocycles. The molecule has 0 radical (unpaired) electrons. The van der Waals surface area contributed by atoms with E-state index in [2.05, 4.69) is 10.6 Å². The molecule has 1 aromatic rings. The van der Waals surface area contributed by atoms with Gasteiger partial charge in [0.15, 0.2) is 6.61 Å². The first-order chi connectivity index (χ1) is 9.97. The van der Waals surface area contributed by atoms with Gasteiger partial charge in [-0.2, -0.15) is 0 Å². The number of hydrogen-bond donors (Lipinski definition) is 2. The Labute approximate surface area is 130 Å². The SMILES string of the molecule is CC(C)CC(=O)NCCNC(=O)COc1ccc(Cl)cc1. The lowest BCUT2D eigenvalue weighted by Crippen LogP contribution is -2.37. The molecule has 0 atom stereocenters. The Balaban J connectivity index is 2.11. The van der Waals surface area contributed by atoms with Crippen LogP contribution in [-0.4, -0.2) is 31.5 Å². The van der Waals surface area contributed by atoms with Crippen LogP contribution in [0.15, 0.2) is 24.3 Å². The first-order valence-corrected chi connectivity index (χ1v) is 7.27. The van der Waals surface area contributed by atoms with Crippen molar-refractivity contribution in [3.63, 3.8) is 0 Å². The highest BCUT2D eigenvalue weighted by Crippen LogP contribution is 2.15. The smallest absolute Gasteiger partial charge is 0.258 e. The number of benzene rings is 1. The van der Waals surface area contributed by atoms with Gasteiger partial charge in [0.1, 0.15) is 5.75 Å². The molecule has 1 aromatic carbocycles. The zero-order valence-electron chi connectivity index (χ0n) is 12.3. The largest absolute Gasteiger partial charge is 0.484 e. The number of rotatable bonds is 8. The van der Waals surface area contributed by atoms with Crippen LogP contribution in [0.3, 0.4) is 0 Å². The molecule has 2 N–H and O–H groups in total. The molecule has 5 nitrogen and oxygen atoms in total. The molecule has 0 aliphatic rings. The van der Waals surface area contributed by atoms with Crippen molar-refractivity contribution in [2.24, 2.45) is 5.92 Å². The Hall–Kier alpha value is -1.75. The summed E-state index contributed by atoms with van der Waals surface area (Å²) in [7, 11) is 0. The second-order valence-corrected chi connectivity index (χ2v) is 5.48. The molecular weight excluding hydrogens is 292 g/mol. The van der Waals surface area contributed by atoms with E-state index < -0.39 is 0 Å². The fraction of sp³-hybridized carbons (Fsp3) is 0.467. The molecule has 0 bridgehead atoms. The maximum atomic E-state index is 11.5. The van der Waals surface area contributed by atoms with E-state index in [-0.39, 0.29) is 18.4 Å². The van der Waals surface area contributed by atoms with Gasteiger partial charge in [-0.25, -0.2) is 0 Å². The quantitative estimate of drug-likeness (QED) is 0.721. The highest BCUT2D eigenvalue weighted by atomic mass is 35.5. The number of carbonyl (C=O) groups is 2. The molecule has 0 saturated carbocycles. The lowest BCUT2D eigenvalue weighted by atomic mass is 10.1. The highest BCUT2D eigenvalue weighted by Gasteiger charge is 2.05. The molecule has 1 rings (SSSR count). The van der Waals surface area contributed by atoms with E-state index in [0.717, 1.165) is 0 Å². The van der Waals surface area contributed by atoms with Gasteiger partial charge in [0.05, 0.1) is 0 Å². The van der Waals surface area contributed by atoms with Gasteiger partial charge in [-0.05, 0) is 30.2 Å². The van der Waals surface area contributed by atoms with E-state index in [1.807, 2.05) is 13.8 Å². The molecule has 21 heavy (non-hydrogen) atoms. The third kappa shape index (κ3) is 8.19. The normalized spacial score (nSPS) is 10.3. The van der Waals surface area contributed by atoms with Gasteiger partial charge in [0.2, 0.25) is 5.91 Å². The molecule has 0 fully saturated rings. The van der Waals surface area contributed by atoms with Crippen LogP contribution in [0.25, 0.3) is 0 Å². The third-order valence-corrected chi connectivity index (χ3v) is 2.80. The third-order valence-electron chi connectivity index (χ3n) is 2.55. The van der Waals surface area contributed by atoms with Crippen molar-refractivity contribution in [3.05, 3.63) is 29.3 Å². The zero-order chi connectivity index (χ0) is 15.7. The molecule has 0 unspecified atom stereocenters. The summed E-state index contributed by atoms with van der Waals surface area (Å²) >= 11 is 5.75. The van der Waals surface area contributed by atoms with Crippen molar-refractivity contribution < 1.29 is 14.3 Å². The lowest BCUT2D eigenvalue weighted by molar-refractivity contribution is -0.124. The highest BCUT2D eigenvalue weighted by molar-refractivity contribution is 6.30. The predicted molar refractivity (Wildman–Crippen MR) is 82.4 cm³/mol. The predicted octanol–water partition coefficient (Wildman–Crippen LogP) is 2.00. The van der Waals surface area contributed by atoms with Crippen LogP contribution >= 0.6 is 11.6 Å². The van der Waals surface area contributed by atoms with Gasteiger partial charge in [0, 0.05) is 24.5 Å². The van der Waals surface area contributed by atoms with Crippen LogP contribution < -0.4 is 15.4 Å². The van der Waals surface area contributed by atoms with E-state index in [4.69, 9.17) is 16.3 Å². The second-order valence-electron chi connectivity index (χ2n) is 5.04. The summed E-state index contributed by atoms with van der Waals surface area (Å²) in [6.45, 7) is 4.69. The molecule has 116 valence electrons. The van der Waals surface area contributed by atoms with E-state index in [9.17, 15) is 9.59 Å². The second kappa shape index (κ2) is 9.23. The first-order valence-electron chi connectivity index (χ1n) is 6.89. The summed E-state index contributed by atoms with van der Waals surface area (Å²) < 4.78 is 5.30. The van der Waals surface area contributed by atoms with E-state index in [1.165, 1.54) is 0 Å². The minimum Gasteiger partial charge on any atom is -0.484 e. The van der Waals surface area contributed by atoms with Crippen molar-refractivity contribution in [2.45, 2.75) is 20.3 Å². The van der Waals surface area contributed by atoms with Crippen LogP contribution in [0, 0.1) is 5.92 Å². The van der Waals surface area contributed by atoms with Gasteiger partial charge >= 0.3 is 0 Å². The molecule has 0 aliphatic carbocycles. The Kier molecular flexibility index (Phi) is 7.61. The Bertz CT molecular complexity index is 460. The van der Waals surface area contributed by atoms with Gasteiger partial charge in [-0.1, -0.05) is 25.4 Å². The molecular formula is C15H21ClN2O3. The van der Waals surface area contributed by atoms with Gasteiger partial charge in [-0.15, -0.1) is 0 Å². The average Bonchev–Trinajstić information content (AvgIpc) is 2.42. The molecule has 6 heteroatoms. The molecule has 2 amide bonds. The Morgan fingerprint density at radius 3 is 2.24 bits per heavy atom. The maximum Gasteiger partial charge on any atom is 0.258 e. The van der Waals surface area contributed by atoms with Crippen LogP contribution in [0.1, 0.15) is 20.3 Å². The van der Waals surface area contributed by atoms with Gasteiger partial charge in [-0.3, -0.25) is 9.59 Å². The van der Waals surface area contributed by atoms with Crippen molar-refractivity contribution in [2.75, 3.05) is 19.7 Å². The Morgan fingerprint density at radius 1 is 1.10 bits per heavy atom. The van der Waals surface area contributed by atoms with Gasteiger partial charge < -0.3 is 15.4 Å². The fourth-order valence-electron chi connectivity index (χ4n) is 1.58. The van der Waals surface area contributed by atoms with E-state index in [1.54, 1.807) is 24.3 Å². The van der Waals surface area contributed by atoms with E-state index >= 15 is 0 Å². The van der Waals surface area contributed by atoms with Crippen LogP contribution in [0.4, 0.5) is 0 Å². The van der Waals surface area contributed by atoms with Gasteiger partial charge in [0.25, 0.3) is 5.91 Å². The number of amides is 2. The first kappa shape index (κ1) is 17.3. The molecule has 0 heterocycles. The summed E-state index contributed by atoms with van der Waals surface area (Å²) in [6.07, 6.45) is 0.494. The monoisotopic (exact) mass is 312 g/mol. The fourth-order valence-corrected chi connectivity index (χ4v) is 1.70. The topological polar surface area (TPSA) is 67.4 Å². The number of hydrogen-bond acceptors (Lipinski definition) is 3. The van der Waals surface area contributed by atoms with Crippen molar-refractivity contribution in [1.29, 1.82) is 0 Å². The summed E-state index contributed by atoms with van der Waals surface area (Å²) in [4.78, 5) is 22.9. The van der Waals surface area contributed by atoms with Crippen LogP contribution in [0.2, 0.25) is 5.02 Å². The van der Waals surface area contributed by atoms with Crippen molar-refractivity contribution >= 4 is 23.4 Å². The minimum atomic E-state index is -0.233. The molecule has 0 spiro atoms. The lowest BCUT2D eigenvalue weighted by Gasteiger charge is -2.09.